The third-order valence-corrected chi connectivity index (χ3v) is 8.64. The van der Waals surface area contributed by atoms with Gasteiger partial charge in [-0.2, -0.15) is 0 Å². The van der Waals surface area contributed by atoms with Crippen molar-refractivity contribution in [3.05, 3.63) is 18.2 Å². The van der Waals surface area contributed by atoms with Crippen LogP contribution in [0.2, 0.25) is 0 Å². The fourth-order valence-corrected chi connectivity index (χ4v) is 6.07. The summed E-state index contributed by atoms with van der Waals surface area (Å²) in [7, 11) is 0. The highest BCUT2D eigenvalue weighted by Crippen LogP contribution is 2.27. The van der Waals surface area contributed by atoms with Crippen molar-refractivity contribution < 1.29 is 4.57 Å². The first-order chi connectivity index (χ1) is 18.2. The van der Waals surface area contributed by atoms with Gasteiger partial charge in [0, 0.05) is 0 Å². The SMILES string of the molecule is CCCCCCCCCCCCCCCC(CCCCCC)c1[nH]cc[n+]1C(C)CCCCCCCC. The zero-order valence-corrected chi connectivity index (χ0v) is 26.1. The van der Waals surface area contributed by atoms with E-state index in [1.165, 1.54) is 173 Å². The Bertz CT molecular complexity index is 578. The number of imidazole rings is 1. The Morgan fingerprint density at radius 1 is 0.514 bits per heavy atom. The molecular weight excluding hydrogens is 448 g/mol. The Labute approximate surface area is 234 Å². The van der Waals surface area contributed by atoms with Crippen LogP contribution in [0, 0.1) is 0 Å². The molecule has 218 valence electrons. The first-order valence-electron chi connectivity index (χ1n) is 17.3. The van der Waals surface area contributed by atoms with Gasteiger partial charge in [0.15, 0.2) is 0 Å². The zero-order chi connectivity index (χ0) is 26.8. The van der Waals surface area contributed by atoms with Gasteiger partial charge in [-0.25, -0.2) is 9.55 Å². The van der Waals surface area contributed by atoms with Crippen molar-refractivity contribution in [1.82, 2.24) is 4.98 Å². The minimum Gasteiger partial charge on any atom is -0.247 e. The van der Waals surface area contributed by atoms with Crippen molar-refractivity contribution >= 4 is 0 Å². The average Bonchev–Trinajstić information content (AvgIpc) is 3.40. The molecular formula is C35H69N2+. The molecule has 37 heavy (non-hydrogen) atoms. The van der Waals surface area contributed by atoms with Crippen LogP contribution in [-0.2, 0) is 0 Å². The van der Waals surface area contributed by atoms with Gasteiger partial charge < -0.3 is 0 Å². The number of nitrogens with zero attached hydrogens (tertiary/aromatic N) is 1. The Morgan fingerprint density at radius 2 is 0.865 bits per heavy atom. The van der Waals surface area contributed by atoms with Crippen LogP contribution in [0.15, 0.2) is 12.4 Å². The molecule has 0 fully saturated rings. The van der Waals surface area contributed by atoms with Gasteiger partial charge >= 0.3 is 0 Å². The molecule has 1 aromatic rings. The fourth-order valence-electron chi connectivity index (χ4n) is 6.07. The number of nitrogens with one attached hydrogen (secondary N) is 1. The van der Waals surface area contributed by atoms with Crippen molar-refractivity contribution in [3.63, 3.8) is 0 Å². The normalized spacial score (nSPS) is 13.3. The van der Waals surface area contributed by atoms with Gasteiger partial charge in [-0.3, -0.25) is 0 Å². The number of aromatic nitrogens is 2. The lowest BCUT2D eigenvalue weighted by Crippen LogP contribution is -2.41. The summed E-state index contributed by atoms with van der Waals surface area (Å²) in [5, 5.41) is 0. The lowest BCUT2D eigenvalue weighted by Gasteiger charge is -2.17. The van der Waals surface area contributed by atoms with Crippen molar-refractivity contribution in [2.75, 3.05) is 0 Å². The van der Waals surface area contributed by atoms with E-state index >= 15 is 0 Å². The molecule has 1 rings (SSSR count). The summed E-state index contributed by atoms with van der Waals surface area (Å²) in [4.78, 5) is 3.71. The number of H-pyrrole nitrogens is 1. The topological polar surface area (TPSA) is 19.7 Å². The maximum atomic E-state index is 3.71. The van der Waals surface area contributed by atoms with E-state index in [-0.39, 0.29) is 0 Å². The minimum absolute atomic E-state index is 0.622. The molecule has 2 atom stereocenters. The highest BCUT2D eigenvalue weighted by atomic mass is 15.1. The molecule has 0 radical (unpaired) electrons. The van der Waals surface area contributed by atoms with Gasteiger partial charge in [-0.05, 0) is 32.6 Å². The monoisotopic (exact) mass is 518 g/mol. The van der Waals surface area contributed by atoms with Crippen LogP contribution in [-0.4, -0.2) is 4.98 Å². The summed E-state index contributed by atoms with van der Waals surface area (Å²) in [5.74, 6) is 2.24. The Morgan fingerprint density at radius 3 is 1.30 bits per heavy atom. The second-order valence-corrected chi connectivity index (χ2v) is 12.2. The van der Waals surface area contributed by atoms with Gasteiger partial charge in [0.1, 0.15) is 12.4 Å². The van der Waals surface area contributed by atoms with E-state index in [0.717, 1.165) is 0 Å². The van der Waals surface area contributed by atoms with Crippen molar-refractivity contribution in [2.45, 2.75) is 207 Å². The Balaban J connectivity index is 2.34. The molecule has 2 nitrogen and oxygen atoms in total. The van der Waals surface area contributed by atoms with Gasteiger partial charge in [0.25, 0.3) is 5.82 Å². The van der Waals surface area contributed by atoms with Crippen LogP contribution in [0.1, 0.15) is 212 Å². The molecule has 1 heterocycles. The summed E-state index contributed by atoms with van der Waals surface area (Å²) in [6, 6.07) is 0.622. The van der Waals surface area contributed by atoms with Gasteiger partial charge in [0.2, 0.25) is 0 Å². The third-order valence-electron chi connectivity index (χ3n) is 8.64. The van der Waals surface area contributed by atoms with E-state index < -0.39 is 0 Å². The van der Waals surface area contributed by atoms with Crippen molar-refractivity contribution in [3.8, 4) is 0 Å². The quantitative estimate of drug-likeness (QED) is 0.0842. The summed E-state index contributed by atoms with van der Waals surface area (Å²) < 4.78 is 2.61. The third kappa shape index (κ3) is 18.2. The number of rotatable bonds is 28. The zero-order valence-electron chi connectivity index (χ0n) is 26.1. The molecule has 1 N–H and O–H groups in total. The highest BCUT2D eigenvalue weighted by Gasteiger charge is 2.25. The molecule has 0 saturated carbocycles. The van der Waals surface area contributed by atoms with E-state index in [0.29, 0.717) is 12.0 Å². The van der Waals surface area contributed by atoms with Crippen LogP contribution < -0.4 is 4.57 Å². The minimum atomic E-state index is 0.622. The number of hydrogen-bond acceptors (Lipinski definition) is 0. The maximum Gasteiger partial charge on any atom is 0.257 e. The van der Waals surface area contributed by atoms with Gasteiger partial charge in [-0.15, -0.1) is 0 Å². The fraction of sp³-hybridized carbons (Fsp3) is 0.914. The molecule has 0 aromatic carbocycles. The molecule has 1 aromatic heterocycles. The summed E-state index contributed by atoms with van der Waals surface area (Å²) >= 11 is 0. The van der Waals surface area contributed by atoms with E-state index in [4.69, 9.17) is 0 Å². The summed E-state index contributed by atoms with van der Waals surface area (Å²) in [6.07, 6.45) is 41.3. The van der Waals surface area contributed by atoms with Crippen LogP contribution >= 0.6 is 0 Å². The molecule has 0 aliphatic heterocycles. The molecule has 0 bridgehead atoms. The van der Waals surface area contributed by atoms with Crippen LogP contribution in [0.5, 0.6) is 0 Å². The van der Waals surface area contributed by atoms with E-state index in [9.17, 15) is 0 Å². The number of hydrogen-bond donors (Lipinski definition) is 1. The lowest BCUT2D eigenvalue weighted by atomic mass is 9.93. The summed E-state index contributed by atoms with van der Waals surface area (Å²) in [5.41, 5.74) is 0. The Kier molecular flexibility index (Phi) is 23.6. The second-order valence-electron chi connectivity index (χ2n) is 12.2. The van der Waals surface area contributed by atoms with Crippen LogP contribution in [0.25, 0.3) is 0 Å². The largest absolute Gasteiger partial charge is 0.257 e. The van der Waals surface area contributed by atoms with Crippen molar-refractivity contribution in [2.24, 2.45) is 0 Å². The molecule has 0 saturated heterocycles. The highest BCUT2D eigenvalue weighted by molar-refractivity contribution is 4.90. The van der Waals surface area contributed by atoms with E-state index in [1.54, 1.807) is 0 Å². The molecule has 2 unspecified atom stereocenters. The number of aromatic amines is 1. The summed E-state index contributed by atoms with van der Waals surface area (Å²) in [6.45, 7) is 9.39. The smallest absolute Gasteiger partial charge is 0.247 e. The first-order valence-corrected chi connectivity index (χ1v) is 17.3. The van der Waals surface area contributed by atoms with Gasteiger partial charge in [-0.1, -0.05) is 162 Å². The molecule has 0 aliphatic rings. The average molecular weight is 518 g/mol. The van der Waals surface area contributed by atoms with Crippen LogP contribution in [0.4, 0.5) is 0 Å². The Hall–Kier alpha value is -0.790. The van der Waals surface area contributed by atoms with E-state index in [2.05, 4.69) is 49.6 Å². The predicted molar refractivity (Wildman–Crippen MR) is 166 cm³/mol. The number of unbranched alkanes of at least 4 members (excludes halogenated alkanes) is 20. The molecule has 0 spiro atoms. The predicted octanol–water partition coefficient (Wildman–Crippen LogP) is 12.1. The molecule has 0 aliphatic carbocycles. The molecule has 0 amide bonds. The first kappa shape index (κ1) is 34.2. The van der Waals surface area contributed by atoms with Crippen molar-refractivity contribution in [1.29, 1.82) is 0 Å². The second kappa shape index (κ2) is 25.5. The molecule has 2 heteroatoms. The van der Waals surface area contributed by atoms with E-state index in [1.807, 2.05) is 0 Å². The standard InChI is InChI=1S/C35H68N2/c1-5-8-11-14-16-17-18-19-20-21-22-24-27-30-34(29-26-13-10-7-3)35-36-31-32-37(35)33(4)28-25-23-15-12-9-6-2/h31-34H,5-30H2,1-4H3/p+1. The lowest BCUT2D eigenvalue weighted by molar-refractivity contribution is -0.727. The van der Waals surface area contributed by atoms with Crippen LogP contribution in [0.3, 0.4) is 0 Å². The van der Waals surface area contributed by atoms with Gasteiger partial charge in [0.05, 0.1) is 12.0 Å². The maximum absolute atomic E-state index is 3.71.